The summed E-state index contributed by atoms with van der Waals surface area (Å²) in [5, 5.41) is 10.4. The van der Waals surface area contributed by atoms with Gasteiger partial charge in [-0.1, -0.05) is 12.1 Å². The third kappa shape index (κ3) is 1.39. The number of nitro groups is 1. The molecule has 0 bridgehead atoms. The van der Waals surface area contributed by atoms with Crippen molar-refractivity contribution in [1.82, 2.24) is 0 Å². The van der Waals surface area contributed by atoms with Crippen LogP contribution in [0.15, 0.2) is 18.2 Å². The maximum absolute atomic E-state index is 13.4. The van der Waals surface area contributed by atoms with Gasteiger partial charge in [-0.3, -0.25) is 10.1 Å². The Bertz CT molecular complexity index is 361. The van der Waals surface area contributed by atoms with Crippen LogP contribution >= 0.6 is 0 Å². The molecule has 4 heteroatoms. The first kappa shape index (κ1) is 8.16. The molecule has 0 aromatic heterocycles. The number of rotatable bonds is 2. The van der Waals surface area contributed by atoms with Crippen LogP contribution in [0.5, 0.6) is 0 Å². The zero-order chi connectivity index (χ0) is 9.42. The number of hydrogen-bond donors (Lipinski definition) is 0. The molecule has 13 heavy (non-hydrogen) atoms. The first-order chi connectivity index (χ1) is 6.20. The lowest BCUT2D eigenvalue weighted by atomic mass is 10.1. The Labute approximate surface area is 74.3 Å². The Morgan fingerprint density at radius 1 is 1.46 bits per heavy atom. The molecule has 0 atom stereocenters. The SMILES string of the molecule is O=[N+]([O-])c1cccc(C2CC2)c1F. The average Bonchev–Trinajstić information content (AvgIpc) is 2.87. The topological polar surface area (TPSA) is 43.1 Å². The minimum atomic E-state index is -0.679. The van der Waals surface area contributed by atoms with E-state index in [2.05, 4.69) is 0 Å². The Balaban J connectivity index is 2.47. The summed E-state index contributed by atoms with van der Waals surface area (Å²) < 4.78 is 13.4. The van der Waals surface area contributed by atoms with Gasteiger partial charge in [0, 0.05) is 6.07 Å². The molecule has 1 aromatic rings. The number of benzene rings is 1. The predicted molar refractivity (Wildman–Crippen MR) is 45.0 cm³/mol. The largest absolute Gasteiger partial charge is 0.305 e. The number of hydrogen-bond acceptors (Lipinski definition) is 2. The lowest BCUT2D eigenvalue weighted by Gasteiger charge is -1.99. The molecule has 1 aromatic carbocycles. The van der Waals surface area contributed by atoms with Crippen LogP contribution in [0.4, 0.5) is 10.1 Å². The first-order valence-electron chi connectivity index (χ1n) is 4.13. The van der Waals surface area contributed by atoms with Gasteiger partial charge in [-0.05, 0) is 24.3 Å². The van der Waals surface area contributed by atoms with Crippen LogP contribution in [0.3, 0.4) is 0 Å². The molecule has 0 unspecified atom stereocenters. The Morgan fingerprint density at radius 2 is 2.15 bits per heavy atom. The molecule has 1 aliphatic rings. The summed E-state index contributed by atoms with van der Waals surface area (Å²) in [6, 6.07) is 4.36. The molecule has 0 saturated heterocycles. The predicted octanol–water partition coefficient (Wildman–Crippen LogP) is 2.61. The molecule has 1 fully saturated rings. The zero-order valence-corrected chi connectivity index (χ0v) is 6.87. The van der Waals surface area contributed by atoms with Gasteiger partial charge in [-0.25, -0.2) is 0 Å². The zero-order valence-electron chi connectivity index (χ0n) is 6.87. The van der Waals surface area contributed by atoms with Crippen LogP contribution in [0, 0.1) is 15.9 Å². The van der Waals surface area contributed by atoms with Gasteiger partial charge in [0.15, 0.2) is 0 Å². The normalized spacial score (nSPS) is 15.8. The second-order valence-corrected chi connectivity index (χ2v) is 3.21. The van der Waals surface area contributed by atoms with Crippen molar-refractivity contribution in [2.75, 3.05) is 0 Å². The maximum Gasteiger partial charge on any atom is 0.305 e. The summed E-state index contributed by atoms with van der Waals surface area (Å²) in [5.74, 6) is -0.449. The van der Waals surface area contributed by atoms with Gasteiger partial charge in [0.1, 0.15) is 0 Å². The van der Waals surface area contributed by atoms with Crippen molar-refractivity contribution in [3.05, 3.63) is 39.7 Å². The summed E-state index contributed by atoms with van der Waals surface area (Å²) in [4.78, 5) is 9.70. The van der Waals surface area contributed by atoms with Gasteiger partial charge in [-0.15, -0.1) is 0 Å². The van der Waals surface area contributed by atoms with Crippen molar-refractivity contribution in [1.29, 1.82) is 0 Å². The fraction of sp³-hybridized carbons (Fsp3) is 0.333. The Hall–Kier alpha value is -1.45. The molecule has 68 valence electrons. The van der Waals surface area contributed by atoms with Gasteiger partial charge in [0.05, 0.1) is 4.92 Å². The molecular formula is C9H8FNO2. The van der Waals surface area contributed by atoms with Crippen LogP contribution in [0.25, 0.3) is 0 Å². The molecule has 0 heterocycles. The Kier molecular flexibility index (Phi) is 1.76. The fourth-order valence-electron chi connectivity index (χ4n) is 1.39. The average molecular weight is 181 g/mol. The van der Waals surface area contributed by atoms with Crippen molar-refractivity contribution in [2.24, 2.45) is 0 Å². The first-order valence-corrected chi connectivity index (χ1v) is 4.13. The minimum absolute atomic E-state index is 0.208. The van der Waals surface area contributed by atoms with E-state index in [9.17, 15) is 14.5 Å². The summed E-state index contributed by atoms with van der Waals surface area (Å²) in [6.45, 7) is 0. The fourth-order valence-corrected chi connectivity index (χ4v) is 1.39. The van der Waals surface area contributed by atoms with Crippen LogP contribution in [0.2, 0.25) is 0 Å². The van der Waals surface area contributed by atoms with Gasteiger partial charge in [-0.2, -0.15) is 4.39 Å². The van der Waals surface area contributed by atoms with E-state index in [-0.39, 0.29) is 5.92 Å². The highest BCUT2D eigenvalue weighted by molar-refractivity contribution is 5.39. The molecule has 0 amide bonds. The minimum Gasteiger partial charge on any atom is -0.258 e. The van der Waals surface area contributed by atoms with Gasteiger partial charge >= 0.3 is 5.69 Å². The van der Waals surface area contributed by atoms with Crippen LogP contribution in [-0.2, 0) is 0 Å². The highest BCUT2D eigenvalue weighted by Gasteiger charge is 2.29. The molecule has 0 aliphatic heterocycles. The molecule has 0 spiro atoms. The standard InChI is InChI=1S/C9H8FNO2/c10-9-7(6-4-5-6)2-1-3-8(9)11(12)13/h1-3,6H,4-5H2. The third-order valence-corrected chi connectivity index (χ3v) is 2.22. The van der Waals surface area contributed by atoms with E-state index in [1.807, 2.05) is 0 Å². The molecule has 1 aliphatic carbocycles. The van der Waals surface area contributed by atoms with Crippen LogP contribution < -0.4 is 0 Å². The molecule has 2 rings (SSSR count). The van der Waals surface area contributed by atoms with Crippen molar-refractivity contribution >= 4 is 5.69 Å². The quantitative estimate of drug-likeness (QED) is 0.519. The summed E-state index contributed by atoms with van der Waals surface area (Å²) in [7, 11) is 0. The third-order valence-electron chi connectivity index (χ3n) is 2.22. The summed E-state index contributed by atoms with van der Waals surface area (Å²) >= 11 is 0. The second kappa shape index (κ2) is 2.80. The Morgan fingerprint density at radius 3 is 2.69 bits per heavy atom. The van der Waals surface area contributed by atoms with E-state index in [0.717, 1.165) is 12.8 Å². The maximum atomic E-state index is 13.4. The molecular weight excluding hydrogens is 173 g/mol. The number of halogens is 1. The van der Waals surface area contributed by atoms with Crippen molar-refractivity contribution in [3.8, 4) is 0 Å². The monoisotopic (exact) mass is 181 g/mol. The van der Waals surface area contributed by atoms with Crippen molar-refractivity contribution in [2.45, 2.75) is 18.8 Å². The van der Waals surface area contributed by atoms with E-state index in [4.69, 9.17) is 0 Å². The van der Waals surface area contributed by atoms with Crippen molar-refractivity contribution < 1.29 is 9.31 Å². The molecule has 0 radical (unpaired) electrons. The highest BCUT2D eigenvalue weighted by Crippen LogP contribution is 2.42. The lowest BCUT2D eigenvalue weighted by molar-refractivity contribution is -0.387. The number of nitro benzene ring substituents is 1. The van der Waals surface area contributed by atoms with Gasteiger partial charge < -0.3 is 0 Å². The van der Waals surface area contributed by atoms with Crippen LogP contribution in [-0.4, -0.2) is 4.92 Å². The van der Waals surface area contributed by atoms with Crippen molar-refractivity contribution in [3.63, 3.8) is 0 Å². The molecule has 0 N–H and O–H groups in total. The lowest BCUT2D eigenvalue weighted by Crippen LogP contribution is -1.95. The van der Waals surface area contributed by atoms with Gasteiger partial charge in [0.25, 0.3) is 0 Å². The molecule has 3 nitrogen and oxygen atoms in total. The highest BCUT2D eigenvalue weighted by atomic mass is 19.1. The van der Waals surface area contributed by atoms with E-state index in [0.29, 0.717) is 5.56 Å². The van der Waals surface area contributed by atoms with E-state index >= 15 is 0 Å². The molecule has 1 saturated carbocycles. The van der Waals surface area contributed by atoms with E-state index in [1.54, 1.807) is 6.07 Å². The van der Waals surface area contributed by atoms with Gasteiger partial charge in [0.2, 0.25) is 5.82 Å². The number of nitrogens with zero attached hydrogens (tertiary/aromatic N) is 1. The summed E-state index contributed by atoms with van der Waals surface area (Å²) in [5.41, 5.74) is 0.0820. The second-order valence-electron chi connectivity index (χ2n) is 3.21. The summed E-state index contributed by atoms with van der Waals surface area (Å²) in [6.07, 6.45) is 1.89. The van der Waals surface area contributed by atoms with E-state index < -0.39 is 16.4 Å². The van der Waals surface area contributed by atoms with E-state index in [1.165, 1.54) is 12.1 Å². The van der Waals surface area contributed by atoms with Crippen LogP contribution in [0.1, 0.15) is 24.3 Å². The smallest absolute Gasteiger partial charge is 0.258 e.